The first-order valence-corrected chi connectivity index (χ1v) is 8.14. The predicted octanol–water partition coefficient (Wildman–Crippen LogP) is 5.42. The van der Waals surface area contributed by atoms with E-state index in [-0.39, 0.29) is 11.6 Å². The van der Waals surface area contributed by atoms with Crippen LogP contribution in [0.1, 0.15) is 4.88 Å². The van der Waals surface area contributed by atoms with Gasteiger partial charge in [-0.15, -0.1) is 11.3 Å². The largest absolute Gasteiger partial charge is 0.304 e. The number of rotatable bonds is 4. The number of hydrogen-bond acceptors (Lipinski definition) is 2. The summed E-state index contributed by atoms with van der Waals surface area (Å²) in [4.78, 5) is 4.40. The van der Waals surface area contributed by atoms with Gasteiger partial charge in [-0.05, 0) is 55.6 Å². The Hall–Kier alpha value is -2.04. The molecular weight excluding hydrogens is 312 g/mol. The minimum Gasteiger partial charge on any atom is -0.304 e. The summed E-state index contributed by atoms with van der Waals surface area (Å²) < 4.78 is 26.4. The van der Waals surface area contributed by atoms with Crippen molar-refractivity contribution in [2.45, 2.75) is 6.54 Å². The highest BCUT2D eigenvalue weighted by molar-refractivity contribution is 7.16. The summed E-state index contributed by atoms with van der Waals surface area (Å²) >= 11 is 1.69. The summed E-state index contributed by atoms with van der Waals surface area (Å²) in [7, 11) is 4.05. The molecule has 0 N–H and O–H groups in total. The van der Waals surface area contributed by atoms with Crippen LogP contribution in [0.2, 0.25) is 0 Å². The minimum absolute atomic E-state index is 0.248. The number of halogens is 2. The highest BCUT2D eigenvalue weighted by atomic mass is 32.1. The Kier molecular flexibility index (Phi) is 4.55. The zero-order valence-corrected chi connectivity index (χ0v) is 13.8. The standard InChI is InChI=1S/C19H17F2NS/c1-22(2)12-17-11-18(13-3-7-15(20)8-4-13)19(23-17)14-5-9-16(21)10-6-14/h3-11H,12H2,1-2H3. The average molecular weight is 329 g/mol. The zero-order valence-electron chi connectivity index (χ0n) is 13.0. The van der Waals surface area contributed by atoms with E-state index >= 15 is 0 Å². The molecule has 118 valence electrons. The Balaban J connectivity index is 2.10. The van der Waals surface area contributed by atoms with Gasteiger partial charge in [-0.3, -0.25) is 0 Å². The summed E-state index contributed by atoms with van der Waals surface area (Å²) in [5.41, 5.74) is 2.99. The molecule has 4 heteroatoms. The van der Waals surface area contributed by atoms with Crippen LogP contribution in [0.5, 0.6) is 0 Å². The van der Waals surface area contributed by atoms with Crippen LogP contribution in [0.15, 0.2) is 54.6 Å². The van der Waals surface area contributed by atoms with Gasteiger partial charge in [0, 0.05) is 21.9 Å². The number of benzene rings is 2. The molecule has 0 amide bonds. The summed E-state index contributed by atoms with van der Waals surface area (Å²) in [5.74, 6) is -0.497. The Morgan fingerprint density at radius 1 is 0.826 bits per heavy atom. The van der Waals surface area contributed by atoms with Crippen molar-refractivity contribution in [1.82, 2.24) is 4.90 Å². The predicted molar refractivity (Wildman–Crippen MR) is 92.5 cm³/mol. The van der Waals surface area contributed by atoms with Gasteiger partial charge in [0.05, 0.1) is 0 Å². The van der Waals surface area contributed by atoms with E-state index in [4.69, 9.17) is 0 Å². The van der Waals surface area contributed by atoms with Gasteiger partial charge in [0.2, 0.25) is 0 Å². The van der Waals surface area contributed by atoms with Gasteiger partial charge in [0.25, 0.3) is 0 Å². The monoisotopic (exact) mass is 329 g/mol. The molecule has 0 aliphatic heterocycles. The van der Waals surface area contributed by atoms with Gasteiger partial charge >= 0.3 is 0 Å². The highest BCUT2D eigenvalue weighted by Crippen LogP contribution is 2.39. The van der Waals surface area contributed by atoms with E-state index < -0.39 is 0 Å². The first-order chi connectivity index (χ1) is 11.0. The molecule has 0 atom stereocenters. The molecule has 0 radical (unpaired) electrons. The molecule has 0 spiro atoms. The van der Waals surface area contributed by atoms with Crippen molar-refractivity contribution in [3.05, 3.63) is 71.1 Å². The van der Waals surface area contributed by atoms with Crippen molar-refractivity contribution in [1.29, 1.82) is 0 Å². The summed E-state index contributed by atoms with van der Waals surface area (Å²) in [6.45, 7) is 0.833. The second-order valence-electron chi connectivity index (χ2n) is 5.71. The Morgan fingerprint density at radius 2 is 1.35 bits per heavy atom. The van der Waals surface area contributed by atoms with Gasteiger partial charge in [-0.25, -0.2) is 8.78 Å². The Bertz CT molecular complexity index is 726. The molecule has 3 rings (SSSR count). The first-order valence-electron chi connectivity index (χ1n) is 7.32. The summed E-state index contributed by atoms with van der Waals surface area (Å²) in [5, 5.41) is 0. The fourth-order valence-corrected chi connectivity index (χ4v) is 3.79. The SMILES string of the molecule is CN(C)Cc1cc(-c2ccc(F)cc2)c(-c2ccc(F)cc2)s1. The van der Waals surface area contributed by atoms with Gasteiger partial charge < -0.3 is 4.90 Å². The van der Waals surface area contributed by atoms with Crippen LogP contribution >= 0.6 is 11.3 Å². The number of hydrogen-bond donors (Lipinski definition) is 0. The van der Waals surface area contributed by atoms with Crippen LogP contribution < -0.4 is 0 Å². The highest BCUT2D eigenvalue weighted by Gasteiger charge is 2.13. The molecule has 0 aliphatic carbocycles. The molecule has 23 heavy (non-hydrogen) atoms. The zero-order chi connectivity index (χ0) is 16.4. The van der Waals surface area contributed by atoms with Crippen LogP contribution in [-0.4, -0.2) is 19.0 Å². The molecule has 1 nitrogen and oxygen atoms in total. The fourth-order valence-electron chi connectivity index (χ4n) is 2.49. The molecule has 1 aromatic heterocycles. The van der Waals surface area contributed by atoms with Crippen molar-refractivity contribution in [3.8, 4) is 21.6 Å². The van der Waals surface area contributed by atoms with Crippen molar-refractivity contribution in [2.75, 3.05) is 14.1 Å². The van der Waals surface area contributed by atoms with Crippen molar-refractivity contribution in [3.63, 3.8) is 0 Å². The maximum atomic E-state index is 13.2. The molecule has 0 bridgehead atoms. The van der Waals surface area contributed by atoms with E-state index in [9.17, 15) is 8.78 Å². The normalized spacial score (nSPS) is 11.2. The van der Waals surface area contributed by atoms with Crippen LogP contribution in [-0.2, 0) is 6.54 Å². The van der Waals surface area contributed by atoms with Crippen LogP contribution in [0, 0.1) is 11.6 Å². The van der Waals surface area contributed by atoms with E-state index in [1.807, 2.05) is 14.1 Å². The maximum Gasteiger partial charge on any atom is 0.123 e. The lowest BCUT2D eigenvalue weighted by Gasteiger charge is -2.06. The van der Waals surface area contributed by atoms with Crippen LogP contribution in [0.25, 0.3) is 21.6 Å². The third-order valence-electron chi connectivity index (χ3n) is 3.52. The Labute approximate surface area is 138 Å². The molecule has 3 aromatic rings. The Morgan fingerprint density at radius 3 is 1.87 bits per heavy atom. The van der Waals surface area contributed by atoms with E-state index in [0.717, 1.165) is 28.1 Å². The number of nitrogens with zero attached hydrogens (tertiary/aromatic N) is 1. The lowest BCUT2D eigenvalue weighted by Crippen LogP contribution is -2.09. The lowest BCUT2D eigenvalue weighted by atomic mass is 10.0. The molecule has 0 aliphatic rings. The fraction of sp³-hybridized carbons (Fsp3) is 0.158. The van der Waals surface area contributed by atoms with Crippen molar-refractivity contribution < 1.29 is 8.78 Å². The van der Waals surface area contributed by atoms with Gasteiger partial charge in [0.1, 0.15) is 11.6 Å². The molecular formula is C19H17F2NS. The van der Waals surface area contributed by atoms with Crippen LogP contribution in [0.3, 0.4) is 0 Å². The molecule has 0 saturated carbocycles. The molecule has 0 saturated heterocycles. The second kappa shape index (κ2) is 6.60. The van der Waals surface area contributed by atoms with Gasteiger partial charge in [0.15, 0.2) is 0 Å². The maximum absolute atomic E-state index is 13.2. The van der Waals surface area contributed by atoms with Crippen LogP contribution in [0.4, 0.5) is 8.78 Å². The van der Waals surface area contributed by atoms with Gasteiger partial charge in [-0.2, -0.15) is 0 Å². The third-order valence-corrected chi connectivity index (χ3v) is 4.69. The van der Waals surface area contributed by atoms with Crippen molar-refractivity contribution >= 4 is 11.3 Å². The minimum atomic E-state index is -0.249. The van der Waals surface area contributed by atoms with E-state index in [1.165, 1.54) is 29.1 Å². The number of thiophene rings is 1. The molecule has 1 heterocycles. The smallest absolute Gasteiger partial charge is 0.123 e. The summed E-state index contributed by atoms with van der Waals surface area (Å²) in [6.07, 6.45) is 0. The van der Waals surface area contributed by atoms with Crippen molar-refractivity contribution in [2.24, 2.45) is 0 Å². The third kappa shape index (κ3) is 3.66. The van der Waals surface area contributed by atoms with E-state index in [1.54, 1.807) is 35.6 Å². The molecule has 2 aromatic carbocycles. The topological polar surface area (TPSA) is 3.24 Å². The summed E-state index contributed by atoms with van der Waals surface area (Å²) in [6, 6.07) is 15.1. The molecule has 0 fully saturated rings. The first kappa shape index (κ1) is 15.8. The average Bonchev–Trinajstić information content (AvgIpc) is 2.91. The molecule has 0 unspecified atom stereocenters. The quantitative estimate of drug-likeness (QED) is 0.617. The van der Waals surface area contributed by atoms with Gasteiger partial charge in [-0.1, -0.05) is 24.3 Å². The van der Waals surface area contributed by atoms with E-state index in [0.29, 0.717) is 0 Å². The van der Waals surface area contributed by atoms with E-state index in [2.05, 4.69) is 11.0 Å². The lowest BCUT2D eigenvalue weighted by molar-refractivity contribution is 0.406. The second-order valence-corrected chi connectivity index (χ2v) is 6.84.